The Morgan fingerprint density at radius 2 is 1.94 bits per heavy atom. The predicted molar refractivity (Wildman–Crippen MR) is 114 cm³/mol. The molecule has 34 heavy (non-hydrogen) atoms. The molecule has 13 heteroatoms. The summed E-state index contributed by atoms with van der Waals surface area (Å²) in [6.45, 7) is 0. The normalized spacial score (nSPS) is 11.3. The smallest absolute Gasteiger partial charge is 0.416 e. The van der Waals surface area contributed by atoms with Gasteiger partial charge in [0, 0.05) is 0 Å². The predicted octanol–water partition coefficient (Wildman–Crippen LogP) is 5.15. The molecule has 9 nitrogen and oxygen atoms in total. The maximum Gasteiger partial charge on any atom is 0.416 e. The molecule has 2 heterocycles. The van der Waals surface area contributed by atoms with Crippen LogP contribution >= 0.6 is 11.3 Å². The highest BCUT2D eigenvalue weighted by Crippen LogP contribution is 2.33. The van der Waals surface area contributed by atoms with E-state index in [2.05, 4.69) is 10.1 Å². The van der Waals surface area contributed by atoms with Crippen LogP contribution in [0.5, 0.6) is 11.5 Å². The lowest BCUT2D eigenvalue weighted by molar-refractivity contribution is -0.385. The number of ether oxygens (including phenoxy) is 2. The first-order valence-corrected chi connectivity index (χ1v) is 10.3. The molecule has 2 aromatic heterocycles. The van der Waals surface area contributed by atoms with E-state index in [1.165, 1.54) is 42.7 Å². The Labute approximate surface area is 193 Å². The molecule has 0 amide bonds. The van der Waals surface area contributed by atoms with Crippen molar-refractivity contribution in [3.05, 3.63) is 81.5 Å². The van der Waals surface area contributed by atoms with Gasteiger partial charge in [-0.2, -0.15) is 18.2 Å². The summed E-state index contributed by atoms with van der Waals surface area (Å²) < 4.78 is 50.8. The van der Waals surface area contributed by atoms with Crippen LogP contribution in [0.1, 0.15) is 16.2 Å². The van der Waals surface area contributed by atoms with Crippen molar-refractivity contribution in [1.82, 2.24) is 14.8 Å². The van der Waals surface area contributed by atoms with E-state index in [0.717, 1.165) is 22.9 Å². The van der Waals surface area contributed by atoms with Gasteiger partial charge in [0.2, 0.25) is 5.75 Å². The highest BCUT2D eigenvalue weighted by Gasteiger charge is 2.31. The Hall–Kier alpha value is -4.26. The summed E-state index contributed by atoms with van der Waals surface area (Å²) in [5, 5.41) is 17.1. The number of benzene rings is 2. The number of rotatable bonds is 6. The van der Waals surface area contributed by atoms with Crippen LogP contribution in [0, 0.1) is 10.1 Å². The van der Waals surface area contributed by atoms with E-state index in [4.69, 9.17) is 9.47 Å². The van der Waals surface area contributed by atoms with Crippen LogP contribution in [0.3, 0.4) is 0 Å². The third-order valence-electron chi connectivity index (χ3n) is 4.51. The summed E-state index contributed by atoms with van der Waals surface area (Å²) in [4.78, 5) is 28.0. The maximum absolute atomic E-state index is 13.2. The molecule has 0 unspecified atom stereocenters. The highest BCUT2D eigenvalue weighted by atomic mass is 32.1. The van der Waals surface area contributed by atoms with Crippen molar-refractivity contribution >= 4 is 23.0 Å². The summed E-state index contributed by atoms with van der Waals surface area (Å²) in [5.74, 6) is -1.71. The average molecular weight is 490 g/mol. The van der Waals surface area contributed by atoms with E-state index >= 15 is 0 Å². The molecular weight excluding hydrogens is 477 g/mol. The van der Waals surface area contributed by atoms with Crippen molar-refractivity contribution in [3.63, 3.8) is 0 Å². The number of hydrogen-bond acceptors (Lipinski definition) is 8. The second-order valence-corrected chi connectivity index (χ2v) is 7.62. The number of alkyl halides is 3. The minimum Gasteiger partial charge on any atom is -0.496 e. The molecule has 0 radical (unpaired) electrons. The maximum atomic E-state index is 13.2. The van der Waals surface area contributed by atoms with E-state index in [1.807, 2.05) is 0 Å². The van der Waals surface area contributed by atoms with Gasteiger partial charge >= 0.3 is 17.8 Å². The fourth-order valence-corrected chi connectivity index (χ4v) is 3.65. The zero-order valence-electron chi connectivity index (χ0n) is 17.1. The number of esters is 1. The number of methoxy groups -OCH3 is 1. The second kappa shape index (κ2) is 8.94. The minimum absolute atomic E-state index is 0.0141. The molecule has 0 aliphatic heterocycles. The number of nitrogens with zero attached hydrogens (tertiary/aromatic N) is 4. The molecule has 0 saturated heterocycles. The molecule has 0 N–H and O–H groups in total. The van der Waals surface area contributed by atoms with Gasteiger partial charge in [-0.25, -0.2) is 9.48 Å². The highest BCUT2D eigenvalue weighted by molar-refractivity contribution is 7.13. The van der Waals surface area contributed by atoms with Crippen LogP contribution in [0.2, 0.25) is 0 Å². The fraction of sp³-hybridized carbons (Fsp3) is 0.0952. The first kappa shape index (κ1) is 22.9. The molecule has 0 aliphatic carbocycles. The average Bonchev–Trinajstić information content (AvgIpc) is 3.49. The van der Waals surface area contributed by atoms with Crippen molar-refractivity contribution in [2.75, 3.05) is 7.11 Å². The Morgan fingerprint density at radius 1 is 1.15 bits per heavy atom. The van der Waals surface area contributed by atoms with Gasteiger partial charge in [-0.15, -0.1) is 16.4 Å². The largest absolute Gasteiger partial charge is 0.496 e. The Bertz CT molecular complexity index is 1370. The van der Waals surface area contributed by atoms with Gasteiger partial charge in [0.1, 0.15) is 5.75 Å². The number of aromatic nitrogens is 3. The summed E-state index contributed by atoms with van der Waals surface area (Å²) in [6.07, 6.45) is -4.59. The van der Waals surface area contributed by atoms with Crippen LogP contribution in [-0.4, -0.2) is 32.8 Å². The molecule has 4 aromatic rings. The molecule has 0 aliphatic rings. The monoisotopic (exact) mass is 490 g/mol. The van der Waals surface area contributed by atoms with Crippen LogP contribution in [0.4, 0.5) is 18.9 Å². The molecular formula is C21H13F3N4O5S. The summed E-state index contributed by atoms with van der Waals surface area (Å²) in [7, 11) is 1.32. The van der Waals surface area contributed by atoms with E-state index in [1.54, 1.807) is 17.5 Å². The third kappa shape index (κ3) is 4.59. The van der Waals surface area contributed by atoms with E-state index in [0.29, 0.717) is 4.88 Å². The molecule has 2 aromatic carbocycles. The summed E-state index contributed by atoms with van der Waals surface area (Å²) in [6, 6.07) is 11.3. The van der Waals surface area contributed by atoms with E-state index < -0.39 is 34.1 Å². The number of nitro groups is 1. The first-order chi connectivity index (χ1) is 16.2. The van der Waals surface area contributed by atoms with Crippen LogP contribution in [-0.2, 0) is 6.18 Å². The topological polar surface area (TPSA) is 109 Å². The van der Waals surface area contributed by atoms with Gasteiger partial charge in [-0.1, -0.05) is 12.1 Å². The number of halogens is 3. The number of carbonyl (C=O) groups excluding carboxylic acids is 1. The molecule has 0 atom stereocenters. The van der Waals surface area contributed by atoms with Gasteiger partial charge in [0.15, 0.2) is 5.82 Å². The van der Waals surface area contributed by atoms with Gasteiger partial charge in [-0.05, 0) is 41.8 Å². The molecule has 174 valence electrons. The van der Waals surface area contributed by atoms with Gasteiger partial charge < -0.3 is 9.47 Å². The zero-order chi connectivity index (χ0) is 24.5. The second-order valence-electron chi connectivity index (χ2n) is 6.68. The third-order valence-corrected chi connectivity index (χ3v) is 5.38. The lowest BCUT2D eigenvalue weighted by atomic mass is 10.2. The fourth-order valence-electron chi connectivity index (χ4n) is 2.96. The van der Waals surface area contributed by atoms with Gasteiger partial charge in [0.05, 0.1) is 34.2 Å². The number of thiophene rings is 1. The molecule has 0 fully saturated rings. The first-order valence-electron chi connectivity index (χ1n) is 9.40. The van der Waals surface area contributed by atoms with Crippen molar-refractivity contribution in [1.29, 1.82) is 0 Å². The van der Waals surface area contributed by atoms with Gasteiger partial charge in [0.25, 0.3) is 5.82 Å². The Kier molecular flexibility index (Phi) is 6.03. The lowest BCUT2D eigenvalue weighted by Gasteiger charge is -2.09. The van der Waals surface area contributed by atoms with Crippen LogP contribution in [0.25, 0.3) is 16.4 Å². The SMILES string of the molecule is COc1ccc(OC(=O)c2nc(-c3cccs3)n(-c3cccc(C(F)(F)F)c3)n2)c([N+](=O)[O-])c1. The minimum atomic E-state index is -4.59. The van der Waals surface area contributed by atoms with Crippen molar-refractivity contribution < 1.29 is 32.4 Å². The molecule has 4 rings (SSSR count). The number of nitro benzene ring substituents is 1. The Morgan fingerprint density at radius 3 is 2.59 bits per heavy atom. The molecule has 0 spiro atoms. The number of carbonyl (C=O) groups is 1. The van der Waals surface area contributed by atoms with E-state index in [-0.39, 0.29) is 23.0 Å². The standard InChI is InChI=1S/C21H13F3N4O5S/c1-32-14-7-8-16(15(11-14)28(30)31)33-20(29)18-25-19(17-6-3-9-34-17)27(26-18)13-5-2-4-12(10-13)21(22,23)24/h2-11H,1H3. The molecule has 0 bridgehead atoms. The van der Waals surface area contributed by atoms with Crippen molar-refractivity contribution in [3.8, 4) is 27.9 Å². The van der Waals surface area contributed by atoms with Crippen molar-refractivity contribution in [2.24, 2.45) is 0 Å². The quantitative estimate of drug-likeness (QED) is 0.159. The summed E-state index contributed by atoms with van der Waals surface area (Å²) in [5.41, 5.74) is -1.42. The Balaban J connectivity index is 1.75. The molecule has 0 saturated carbocycles. The zero-order valence-corrected chi connectivity index (χ0v) is 18.0. The van der Waals surface area contributed by atoms with E-state index in [9.17, 15) is 28.1 Å². The number of hydrogen-bond donors (Lipinski definition) is 0. The van der Waals surface area contributed by atoms with Crippen LogP contribution in [0.15, 0.2) is 60.0 Å². The van der Waals surface area contributed by atoms with Crippen molar-refractivity contribution in [2.45, 2.75) is 6.18 Å². The van der Waals surface area contributed by atoms with Crippen LogP contribution < -0.4 is 9.47 Å². The summed E-state index contributed by atoms with van der Waals surface area (Å²) >= 11 is 1.23. The lowest BCUT2D eigenvalue weighted by Crippen LogP contribution is -2.12. The van der Waals surface area contributed by atoms with Gasteiger partial charge in [-0.3, -0.25) is 10.1 Å².